The summed E-state index contributed by atoms with van der Waals surface area (Å²) >= 11 is 0. The van der Waals surface area contributed by atoms with E-state index >= 15 is 0 Å². The number of allylic oxidation sites excluding steroid dienone is 3. The SMILES string of the molecule is CCCCCc1ccc(C=C2C(=O)C=CC2=O)cc1. The topological polar surface area (TPSA) is 34.1 Å². The fraction of sp³-hybridized carbons (Fsp3) is 0.294. The molecular weight excluding hydrogens is 236 g/mol. The Kier molecular flexibility index (Phi) is 4.45. The van der Waals surface area contributed by atoms with Gasteiger partial charge in [-0.3, -0.25) is 9.59 Å². The van der Waals surface area contributed by atoms with E-state index in [1.54, 1.807) is 6.08 Å². The van der Waals surface area contributed by atoms with Crippen molar-refractivity contribution in [3.8, 4) is 0 Å². The summed E-state index contributed by atoms with van der Waals surface area (Å²) in [6.45, 7) is 2.19. The van der Waals surface area contributed by atoms with E-state index in [0.717, 1.165) is 12.0 Å². The largest absolute Gasteiger partial charge is 0.289 e. The molecule has 1 aliphatic rings. The Labute approximate surface area is 113 Å². The lowest BCUT2D eigenvalue weighted by Crippen LogP contribution is -2.00. The monoisotopic (exact) mass is 254 g/mol. The number of ketones is 2. The van der Waals surface area contributed by atoms with Gasteiger partial charge >= 0.3 is 0 Å². The van der Waals surface area contributed by atoms with E-state index in [1.807, 2.05) is 12.1 Å². The first-order chi connectivity index (χ1) is 9.20. The Morgan fingerprint density at radius 1 is 0.947 bits per heavy atom. The molecule has 2 rings (SSSR count). The molecule has 2 heteroatoms. The molecule has 0 spiro atoms. The molecule has 0 fully saturated rings. The number of hydrogen-bond donors (Lipinski definition) is 0. The minimum absolute atomic E-state index is 0.197. The van der Waals surface area contributed by atoms with E-state index in [1.165, 1.54) is 37.0 Å². The van der Waals surface area contributed by atoms with Crippen LogP contribution in [0, 0.1) is 0 Å². The Hall–Kier alpha value is -1.96. The summed E-state index contributed by atoms with van der Waals surface area (Å²) < 4.78 is 0. The van der Waals surface area contributed by atoms with Crippen molar-refractivity contribution in [3.05, 3.63) is 53.1 Å². The fourth-order valence-corrected chi connectivity index (χ4v) is 2.12. The molecular formula is C17H18O2. The van der Waals surface area contributed by atoms with Crippen molar-refractivity contribution in [1.29, 1.82) is 0 Å². The third kappa shape index (κ3) is 3.50. The maximum absolute atomic E-state index is 11.5. The van der Waals surface area contributed by atoms with Crippen LogP contribution in [0.1, 0.15) is 37.3 Å². The van der Waals surface area contributed by atoms with Gasteiger partial charge in [0.05, 0.1) is 5.57 Å². The summed E-state index contributed by atoms with van der Waals surface area (Å²) in [5.74, 6) is -0.394. The molecule has 0 N–H and O–H groups in total. The number of benzene rings is 1. The van der Waals surface area contributed by atoms with Crippen LogP contribution in [-0.4, -0.2) is 11.6 Å². The lowest BCUT2D eigenvalue weighted by Gasteiger charge is -2.02. The van der Waals surface area contributed by atoms with Crippen LogP contribution in [0.25, 0.3) is 6.08 Å². The fourth-order valence-electron chi connectivity index (χ4n) is 2.12. The van der Waals surface area contributed by atoms with Crippen molar-refractivity contribution in [2.24, 2.45) is 0 Å². The van der Waals surface area contributed by atoms with Gasteiger partial charge in [0.1, 0.15) is 0 Å². The third-order valence-electron chi connectivity index (χ3n) is 3.28. The summed E-state index contributed by atoms with van der Waals surface area (Å²) in [5.41, 5.74) is 2.47. The van der Waals surface area contributed by atoms with Crippen molar-refractivity contribution < 1.29 is 9.59 Å². The summed E-state index contributed by atoms with van der Waals surface area (Å²) in [7, 11) is 0. The first-order valence-corrected chi connectivity index (χ1v) is 6.78. The second kappa shape index (κ2) is 6.28. The molecule has 0 saturated carbocycles. The molecule has 0 atom stereocenters. The number of hydrogen-bond acceptors (Lipinski definition) is 2. The second-order valence-corrected chi connectivity index (χ2v) is 4.82. The highest BCUT2D eigenvalue weighted by atomic mass is 16.2. The molecule has 19 heavy (non-hydrogen) atoms. The quantitative estimate of drug-likeness (QED) is 0.458. The number of aryl methyl sites for hydroxylation is 1. The highest BCUT2D eigenvalue weighted by Gasteiger charge is 2.19. The van der Waals surface area contributed by atoms with Crippen molar-refractivity contribution in [2.75, 3.05) is 0 Å². The molecule has 1 aromatic carbocycles. The zero-order chi connectivity index (χ0) is 13.7. The molecule has 0 bridgehead atoms. The molecule has 0 heterocycles. The lowest BCUT2D eigenvalue weighted by atomic mass is 10.0. The number of unbranched alkanes of at least 4 members (excludes halogenated alkanes) is 2. The smallest absolute Gasteiger partial charge is 0.189 e. The van der Waals surface area contributed by atoms with Crippen LogP contribution in [0.2, 0.25) is 0 Å². The minimum Gasteiger partial charge on any atom is -0.289 e. The Morgan fingerprint density at radius 2 is 1.58 bits per heavy atom. The molecule has 0 radical (unpaired) electrons. The van der Waals surface area contributed by atoms with Crippen LogP contribution in [-0.2, 0) is 16.0 Å². The summed E-state index contributed by atoms with van der Waals surface area (Å²) in [6, 6.07) is 8.07. The van der Waals surface area contributed by atoms with Crippen molar-refractivity contribution in [3.63, 3.8) is 0 Å². The van der Waals surface area contributed by atoms with E-state index in [4.69, 9.17) is 0 Å². The molecule has 2 nitrogen and oxygen atoms in total. The van der Waals surface area contributed by atoms with Crippen LogP contribution in [0.15, 0.2) is 42.0 Å². The van der Waals surface area contributed by atoms with Gasteiger partial charge < -0.3 is 0 Å². The Bertz CT molecular complexity index is 513. The van der Waals surface area contributed by atoms with E-state index in [9.17, 15) is 9.59 Å². The maximum Gasteiger partial charge on any atom is 0.189 e. The van der Waals surface area contributed by atoms with E-state index in [2.05, 4.69) is 19.1 Å². The standard InChI is InChI=1S/C17H18O2/c1-2-3-4-5-13-6-8-14(9-7-13)12-15-16(18)10-11-17(15)19/h6-12H,2-5H2,1H3. The molecule has 1 aliphatic carbocycles. The zero-order valence-electron chi connectivity index (χ0n) is 11.2. The molecule has 1 aromatic rings. The van der Waals surface area contributed by atoms with Crippen LogP contribution in [0.3, 0.4) is 0 Å². The van der Waals surface area contributed by atoms with Gasteiger partial charge in [0.25, 0.3) is 0 Å². The third-order valence-corrected chi connectivity index (χ3v) is 3.28. The predicted octanol–water partition coefficient (Wildman–Crippen LogP) is 3.51. The molecule has 0 aromatic heterocycles. The number of rotatable bonds is 5. The maximum atomic E-state index is 11.5. The average Bonchev–Trinajstić information content (AvgIpc) is 2.73. The normalized spacial score (nSPS) is 14.3. The first-order valence-electron chi connectivity index (χ1n) is 6.78. The second-order valence-electron chi connectivity index (χ2n) is 4.82. The zero-order valence-corrected chi connectivity index (χ0v) is 11.2. The van der Waals surface area contributed by atoms with Crippen LogP contribution in [0.4, 0.5) is 0 Å². The van der Waals surface area contributed by atoms with Crippen molar-refractivity contribution >= 4 is 17.6 Å². The highest BCUT2D eigenvalue weighted by Crippen LogP contribution is 2.16. The van der Waals surface area contributed by atoms with Gasteiger partial charge in [-0.2, -0.15) is 0 Å². The molecule has 98 valence electrons. The molecule has 0 unspecified atom stereocenters. The predicted molar refractivity (Wildman–Crippen MR) is 76.8 cm³/mol. The van der Waals surface area contributed by atoms with Gasteiger partial charge in [-0.25, -0.2) is 0 Å². The molecule has 0 amide bonds. The van der Waals surface area contributed by atoms with Gasteiger partial charge in [0.15, 0.2) is 11.6 Å². The molecule has 0 saturated heterocycles. The number of carbonyl (C=O) groups is 2. The van der Waals surface area contributed by atoms with Gasteiger partial charge in [-0.15, -0.1) is 0 Å². The summed E-state index contributed by atoms with van der Waals surface area (Å²) in [5, 5.41) is 0. The van der Waals surface area contributed by atoms with Crippen LogP contribution in [0.5, 0.6) is 0 Å². The van der Waals surface area contributed by atoms with Crippen LogP contribution < -0.4 is 0 Å². The van der Waals surface area contributed by atoms with Gasteiger partial charge in [0, 0.05) is 0 Å². The average molecular weight is 254 g/mol. The summed E-state index contributed by atoms with van der Waals surface area (Å²) in [6.07, 6.45) is 9.09. The summed E-state index contributed by atoms with van der Waals surface area (Å²) in [4.78, 5) is 22.9. The van der Waals surface area contributed by atoms with E-state index in [-0.39, 0.29) is 17.1 Å². The van der Waals surface area contributed by atoms with Gasteiger partial charge in [0.2, 0.25) is 0 Å². The van der Waals surface area contributed by atoms with Crippen molar-refractivity contribution in [1.82, 2.24) is 0 Å². The Morgan fingerprint density at radius 3 is 2.16 bits per heavy atom. The van der Waals surface area contributed by atoms with Gasteiger partial charge in [-0.05, 0) is 42.2 Å². The number of carbonyl (C=O) groups excluding carboxylic acids is 2. The van der Waals surface area contributed by atoms with Crippen molar-refractivity contribution in [2.45, 2.75) is 32.6 Å². The van der Waals surface area contributed by atoms with Gasteiger partial charge in [-0.1, -0.05) is 44.0 Å². The first kappa shape index (κ1) is 13.5. The van der Waals surface area contributed by atoms with E-state index in [0.29, 0.717) is 0 Å². The highest BCUT2D eigenvalue weighted by molar-refractivity contribution is 6.35. The molecule has 0 aliphatic heterocycles. The van der Waals surface area contributed by atoms with E-state index < -0.39 is 0 Å². The Balaban J connectivity index is 2.05. The van der Waals surface area contributed by atoms with Crippen LogP contribution >= 0.6 is 0 Å². The lowest BCUT2D eigenvalue weighted by molar-refractivity contribution is -0.115. The minimum atomic E-state index is -0.197.